The summed E-state index contributed by atoms with van der Waals surface area (Å²) in [6, 6.07) is 10.0. The van der Waals surface area contributed by atoms with E-state index in [-0.39, 0.29) is 17.2 Å². The number of hydrogen-bond acceptors (Lipinski definition) is 4. The van der Waals surface area contributed by atoms with Crippen molar-refractivity contribution in [2.24, 2.45) is 0 Å². The van der Waals surface area contributed by atoms with Crippen LogP contribution in [0.5, 0.6) is 5.75 Å². The Morgan fingerprint density at radius 3 is 2.60 bits per heavy atom. The third-order valence-electron chi connectivity index (χ3n) is 2.64. The zero-order valence-corrected chi connectivity index (χ0v) is 11.4. The van der Waals surface area contributed by atoms with Crippen molar-refractivity contribution in [1.29, 1.82) is 0 Å². The van der Waals surface area contributed by atoms with Gasteiger partial charge in [0.1, 0.15) is 5.75 Å². The van der Waals surface area contributed by atoms with Gasteiger partial charge in [-0.25, -0.2) is 0 Å². The van der Waals surface area contributed by atoms with Gasteiger partial charge in [-0.3, -0.25) is 20.4 Å². The molecule has 6 heteroatoms. The number of carbonyl (C=O) groups is 2. The van der Waals surface area contributed by atoms with Gasteiger partial charge in [0, 0.05) is 11.3 Å². The molecule has 20 heavy (non-hydrogen) atoms. The van der Waals surface area contributed by atoms with Crippen LogP contribution in [0.2, 0.25) is 0 Å². The van der Waals surface area contributed by atoms with Gasteiger partial charge in [-0.1, -0.05) is 18.2 Å². The van der Waals surface area contributed by atoms with Gasteiger partial charge in [0.05, 0.1) is 5.56 Å². The van der Waals surface area contributed by atoms with E-state index in [0.29, 0.717) is 12.8 Å². The molecule has 0 saturated heterocycles. The predicted molar refractivity (Wildman–Crippen MR) is 76.4 cm³/mol. The maximum absolute atomic E-state index is 11.7. The summed E-state index contributed by atoms with van der Waals surface area (Å²) < 4.78 is 0. The van der Waals surface area contributed by atoms with Gasteiger partial charge in [-0.05, 0) is 30.0 Å². The molecule has 1 aromatic heterocycles. The summed E-state index contributed by atoms with van der Waals surface area (Å²) in [6.07, 6.45) is 0.928. The summed E-state index contributed by atoms with van der Waals surface area (Å²) in [4.78, 5) is 24.4. The first kappa shape index (κ1) is 14.1. The molecule has 2 amide bonds. The fraction of sp³-hybridized carbons (Fsp3) is 0.143. The van der Waals surface area contributed by atoms with Crippen LogP contribution in [0.25, 0.3) is 0 Å². The highest BCUT2D eigenvalue weighted by molar-refractivity contribution is 7.09. The Kier molecular flexibility index (Phi) is 4.73. The summed E-state index contributed by atoms with van der Waals surface area (Å²) in [6.45, 7) is 0. The third-order valence-corrected chi connectivity index (χ3v) is 3.58. The number of thiophene rings is 1. The average molecular weight is 290 g/mol. The zero-order valence-electron chi connectivity index (χ0n) is 10.6. The van der Waals surface area contributed by atoms with Gasteiger partial charge in [0.15, 0.2) is 0 Å². The maximum atomic E-state index is 11.7. The van der Waals surface area contributed by atoms with Crippen molar-refractivity contribution < 1.29 is 14.7 Å². The van der Waals surface area contributed by atoms with Crippen LogP contribution in [0, 0.1) is 0 Å². The Balaban J connectivity index is 1.78. The highest BCUT2D eigenvalue weighted by Gasteiger charge is 2.11. The number of hydrogen-bond donors (Lipinski definition) is 3. The number of benzene rings is 1. The molecule has 0 atom stereocenters. The summed E-state index contributed by atoms with van der Waals surface area (Å²) in [5.74, 6) is -0.951. The summed E-state index contributed by atoms with van der Waals surface area (Å²) in [5.41, 5.74) is 4.72. The largest absolute Gasteiger partial charge is 0.507 e. The van der Waals surface area contributed by atoms with E-state index in [2.05, 4.69) is 10.9 Å². The lowest BCUT2D eigenvalue weighted by Gasteiger charge is -2.08. The van der Waals surface area contributed by atoms with Crippen LogP contribution in [0.1, 0.15) is 21.7 Å². The van der Waals surface area contributed by atoms with Gasteiger partial charge in [-0.15, -0.1) is 11.3 Å². The van der Waals surface area contributed by atoms with Crippen molar-refractivity contribution in [2.45, 2.75) is 12.8 Å². The monoisotopic (exact) mass is 290 g/mol. The zero-order chi connectivity index (χ0) is 14.4. The molecule has 0 aliphatic carbocycles. The summed E-state index contributed by atoms with van der Waals surface area (Å²) in [5, 5.41) is 11.5. The number of para-hydroxylation sites is 1. The van der Waals surface area contributed by atoms with E-state index in [1.165, 1.54) is 12.1 Å². The molecule has 0 bridgehead atoms. The molecule has 1 aromatic carbocycles. The predicted octanol–water partition coefficient (Wildman–Crippen LogP) is 1.85. The SMILES string of the molecule is O=C(CCc1cccs1)NNC(=O)c1ccccc1O. The van der Waals surface area contributed by atoms with Gasteiger partial charge >= 0.3 is 0 Å². The number of aryl methyl sites for hydroxylation is 1. The molecule has 1 heterocycles. The van der Waals surface area contributed by atoms with Crippen LogP contribution in [-0.2, 0) is 11.2 Å². The van der Waals surface area contributed by atoms with Crippen molar-refractivity contribution >= 4 is 23.2 Å². The molecule has 0 saturated carbocycles. The molecule has 5 nitrogen and oxygen atoms in total. The maximum Gasteiger partial charge on any atom is 0.273 e. The first-order valence-corrected chi connectivity index (χ1v) is 6.94. The summed E-state index contributed by atoms with van der Waals surface area (Å²) in [7, 11) is 0. The van der Waals surface area contributed by atoms with Crippen molar-refractivity contribution in [3.8, 4) is 5.75 Å². The number of phenolic OH excluding ortho intramolecular Hbond substituents is 1. The number of phenols is 1. The lowest BCUT2D eigenvalue weighted by Crippen LogP contribution is -2.41. The number of carbonyl (C=O) groups excluding carboxylic acids is 2. The topological polar surface area (TPSA) is 78.4 Å². The fourth-order valence-corrected chi connectivity index (χ4v) is 2.32. The van der Waals surface area contributed by atoms with Crippen molar-refractivity contribution in [1.82, 2.24) is 10.9 Å². The van der Waals surface area contributed by atoms with Crippen molar-refractivity contribution in [3.05, 3.63) is 52.2 Å². The normalized spacial score (nSPS) is 10.0. The molecular weight excluding hydrogens is 276 g/mol. The number of rotatable bonds is 4. The van der Waals surface area contributed by atoms with E-state index in [4.69, 9.17) is 0 Å². The Bertz CT molecular complexity index is 596. The fourth-order valence-electron chi connectivity index (χ4n) is 1.61. The van der Waals surface area contributed by atoms with Gasteiger partial charge in [0.25, 0.3) is 5.91 Å². The Hall–Kier alpha value is -2.34. The Morgan fingerprint density at radius 2 is 1.90 bits per heavy atom. The second kappa shape index (κ2) is 6.72. The second-order valence-electron chi connectivity index (χ2n) is 4.10. The van der Waals surface area contributed by atoms with E-state index in [1.54, 1.807) is 23.5 Å². The van der Waals surface area contributed by atoms with Crippen LogP contribution < -0.4 is 10.9 Å². The van der Waals surface area contributed by atoms with Crippen LogP contribution in [0.3, 0.4) is 0 Å². The van der Waals surface area contributed by atoms with E-state index in [9.17, 15) is 14.7 Å². The highest BCUT2D eigenvalue weighted by atomic mass is 32.1. The minimum absolute atomic E-state index is 0.117. The van der Waals surface area contributed by atoms with E-state index >= 15 is 0 Å². The average Bonchev–Trinajstić information content (AvgIpc) is 2.96. The first-order chi connectivity index (χ1) is 9.66. The van der Waals surface area contributed by atoms with E-state index in [1.807, 2.05) is 17.5 Å². The molecule has 2 aromatic rings. The molecule has 2 rings (SSSR count). The van der Waals surface area contributed by atoms with Gasteiger partial charge in [-0.2, -0.15) is 0 Å². The van der Waals surface area contributed by atoms with Crippen LogP contribution in [0.15, 0.2) is 41.8 Å². The molecule has 104 valence electrons. The molecule has 0 radical (unpaired) electrons. The second-order valence-corrected chi connectivity index (χ2v) is 5.13. The Labute approximate surface area is 120 Å². The van der Waals surface area contributed by atoms with Gasteiger partial charge in [0.2, 0.25) is 5.91 Å². The molecule has 3 N–H and O–H groups in total. The molecule has 0 fully saturated rings. The molecular formula is C14H14N2O3S. The quantitative estimate of drug-likeness (QED) is 0.752. The van der Waals surface area contributed by atoms with Crippen molar-refractivity contribution in [3.63, 3.8) is 0 Å². The first-order valence-electron chi connectivity index (χ1n) is 6.06. The van der Waals surface area contributed by atoms with E-state index < -0.39 is 5.91 Å². The van der Waals surface area contributed by atoms with Crippen molar-refractivity contribution in [2.75, 3.05) is 0 Å². The van der Waals surface area contributed by atoms with Gasteiger partial charge < -0.3 is 5.11 Å². The molecule has 0 spiro atoms. The number of nitrogens with one attached hydrogen (secondary N) is 2. The Morgan fingerprint density at radius 1 is 1.10 bits per heavy atom. The molecule has 0 aliphatic heterocycles. The lowest BCUT2D eigenvalue weighted by atomic mass is 10.2. The van der Waals surface area contributed by atoms with Crippen LogP contribution in [-0.4, -0.2) is 16.9 Å². The number of amides is 2. The van der Waals surface area contributed by atoms with Crippen LogP contribution in [0.4, 0.5) is 0 Å². The number of hydrazine groups is 1. The van der Waals surface area contributed by atoms with Crippen LogP contribution >= 0.6 is 11.3 Å². The standard InChI is InChI=1S/C14H14N2O3S/c17-12-6-2-1-5-11(12)14(19)16-15-13(18)8-7-10-4-3-9-20-10/h1-6,9,17H,7-8H2,(H,15,18)(H,16,19). The lowest BCUT2D eigenvalue weighted by molar-refractivity contribution is -0.121. The number of aromatic hydroxyl groups is 1. The molecule has 0 aliphatic rings. The smallest absolute Gasteiger partial charge is 0.273 e. The third kappa shape index (κ3) is 3.83. The summed E-state index contributed by atoms with van der Waals surface area (Å²) >= 11 is 1.59. The highest BCUT2D eigenvalue weighted by Crippen LogP contribution is 2.14. The van der Waals surface area contributed by atoms with E-state index in [0.717, 1.165) is 4.88 Å². The minimum atomic E-state index is -0.549. The molecule has 0 unspecified atom stereocenters. The minimum Gasteiger partial charge on any atom is -0.507 e.